The molecular formula is C9H8N2O. The Morgan fingerprint density at radius 3 is 2.92 bits per heavy atom. The van der Waals surface area contributed by atoms with Crippen LogP contribution in [-0.2, 0) is 4.79 Å². The molecule has 0 fully saturated rings. The van der Waals surface area contributed by atoms with E-state index in [1.54, 1.807) is 6.07 Å². The topological polar surface area (TPSA) is 42.9 Å². The van der Waals surface area contributed by atoms with Gasteiger partial charge in [0.25, 0.3) is 0 Å². The molecule has 3 heteroatoms. The van der Waals surface area contributed by atoms with Crippen LogP contribution in [0, 0.1) is 18.8 Å². The van der Waals surface area contributed by atoms with E-state index >= 15 is 0 Å². The molecule has 0 aliphatic rings. The second kappa shape index (κ2) is 4.24. The molecule has 0 saturated heterocycles. The van der Waals surface area contributed by atoms with Gasteiger partial charge in [-0.1, -0.05) is 5.92 Å². The van der Waals surface area contributed by atoms with Crippen LogP contribution in [0.2, 0.25) is 0 Å². The first-order valence-electron chi connectivity index (χ1n) is 3.56. The lowest BCUT2D eigenvalue weighted by Gasteiger charge is -1.88. The molecule has 0 radical (unpaired) electrons. The SMILES string of the molecule is Cc1ccc(C#CCC=O)nn1. The summed E-state index contributed by atoms with van der Waals surface area (Å²) in [5.74, 6) is 5.37. The van der Waals surface area contributed by atoms with Crippen molar-refractivity contribution >= 4 is 6.29 Å². The number of hydrogen-bond acceptors (Lipinski definition) is 3. The number of aldehydes is 1. The molecule has 0 aliphatic carbocycles. The Kier molecular flexibility index (Phi) is 2.97. The predicted octanol–water partition coefficient (Wildman–Crippen LogP) is 0.726. The first-order valence-corrected chi connectivity index (χ1v) is 3.56. The molecular weight excluding hydrogens is 152 g/mol. The number of aromatic nitrogens is 2. The zero-order chi connectivity index (χ0) is 8.81. The van der Waals surface area contributed by atoms with Gasteiger partial charge in [-0.2, -0.15) is 5.10 Å². The fourth-order valence-corrected chi connectivity index (χ4v) is 0.649. The first kappa shape index (κ1) is 8.41. The molecule has 1 heterocycles. The highest BCUT2D eigenvalue weighted by molar-refractivity contribution is 5.54. The third-order valence-electron chi connectivity index (χ3n) is 1.20. The molecule has 12 heavy (non-hydrogen) atoms. The van der Waals surface area contributed by atoms with E-state index in [-0.39, 0.29) is 6.42 Å². The molecule has 0 aliphatic heterocycles. The van der Waals surface area contributed by atoms with Crippen LogP contribution >= 0.6 is 0 Å². The van der Waals surface area contributed by atoms with Crippen molar-refractivity contribution in [1.29, 1.82) is 0 Å². The predicted molar refractivity (Wildman–Crippen MR) is 44.3 cm³/mol. The third kappa shape index (κ3) is 2.51. The van der Waals surface area contributed by atoms with Crippen molar-refractivity contribution in [3.63, 3.8) is 0 Å². The molecule has 0 N–H and O–H groups in total. The van der Waals surface area contributed by atoms with Crippen LogP contribution in [0.3, 0.4) is 0 Å². The summed E-state index contributed by atoms with van der Waals surface area (Å²) in [7, 11) is 0. The number of carbonyl (C=O) groups is 1. The van der Waals surface area contributed by atoms with Gasteiger partial charge in [-0.3, -0.25) is 0 Å². The summed E-state index contributed by atoms with van der Waals surface area (Å²) in [6, 6.07) is 3.61. The Balaban J connectivity index is 2.72. The Hall–Kier alpha value is -1.69. The van der Waals surface area contributed by atoms with E-state index in [4.69, 9.17) is 0 Å². The molecule has 60 valence electrons. The second-order valence-electron chi connectivity index (χ2n) is 2.23. The van der Waals surface area contributed by atoms with Crippen LogP contribution in [-0.4, -0.2) is 16.5 Å². The summed E-state index contributed by atoms with van der Waals surface area (Å²) in [6.45, 7) is 1.86. The van der Waals surface area contributed by atoms with Crippen molar-refractivity contribution in [1.82, 2.24) is 10.2 Å². The number of rotatable bonds is 1. The molecule has 0 amide bonds. The zero-order valence-electron chi connectivity index (χ0n) is 6.74. The highest BCUT2D eigenvalue weighted by Crippen LogP contribution is 1.91. The quantitative estimate of drug-likeness (QED) is 0.449. The van der Waals surface area contributed by atoms with Gasteiger partial charge in [0.2, 0.25) is 0 Å². The van der Waals surface area contributed by atoms with Gasteiger partial charge >= 0.3 is 0 Å². The van der Waals surface area contributed by atoms with Crippen LogP contribution in [0.4, 0.5) is 0 Å². The molecule has 0 unspecified atom stereocenters. The minimum absolute atomic E-state index is 0.246. The van der Waals surface area contributed by atoms with Crippen LogP contribution in [0.5, 0.6) is 0 Å². The molecule has 0 atom stereocenters. The number of carbonyl (C=O) groups excluding carboxylic acids is 1. The average molecular weight is 160 g/mol. The molecule has 1 rings (SSSR count). The Morgan fingerprint density at radius 2 is 2.33 bits per heavy atom. The van der Waals surface area contributed by atoms with Crippen molar-refractivity contribution < 1.29 is 4.79 Å². The van der Waals surface area contributed by atoms with Gasteiger partial charge in [-0.15, -0.1) is 5.10 Å². The van der Waals surface area contributed by atoms with E-state index in [1.807, 2.05) is 13.0 Å². The van der Waals surface area contributed by atoms with Crippen molar-refractivity contribution in [2.75, 3.05) is 0 Å². The second-order valence-corrected chi connectivity index (χ2v) is 2.23. The highest BCUT2D eigenvalue weighted by Gasteiger charge is 1.87. The molecule has 0 bridgehead atoms. The van der Waals surface area contributed by atoms with Gasteiger partial charge in [-0.05, 0) is 25.0 Å². The van der Waals surface area contributed by atoms with Crippen molar-refractivity contribution in [3.05, 3.63) is 23.5 Å². The van der Waals surface area contributed by atoms with Gasteiger partial charge in [0.1, 0.15) is 12.0 Å². The maximum Gasteiger partial charge on any atom is 0.135 e. The standard InChI is InChI=1S/C9H8N2O/c1-8-5-6-9(11-10-8)4-2-3-7-12/h5-7H,3H2,1H3. The van der Waals surface area contributed by atoms with Gasteiger partial charge in [-0.25, -0.2) is 0 Å². The summed E-state index contributed by atoms with van der Waals surface area (Å²) in [6.07, 6.45) is 1.00. The van der Waals surface area contributed by atoms with Crippen LogP contribution < -0.4 is 0 Å². The van der Waals surface area contributed by atoms with Crippen LogP contribution in [0.25, 0.3) is 0 Å². The lowest BCUT2D eigenvalue weighted by atomic mass is 10.3. The van der Waals surface area contributed by atoms with E-state index in [0.717, 1.165) is 12.0 Å². The molecule has 3 nitrogen and oxygen atoms in total. The van der Waals surface area contributed by atoms with Crippen molar-refractivity contribution in [2.24, 2.45) is 0 Å². The Labute approximate surface area is 70.8 Å². The lowest BCUT2D eigenvalue weighted by molar-refractivity contribution is -0.107. The normalized spacial score (nSPS) is 8.42. The van der Waals surface area contributed by atoms with E-state index < -0.39 is 0 Å². The highest BCUT2D eigenvalue weighted by atomic mass is 16.1. The molecule has 0 aromatic carbocycles. The largest absolute Gasteiger partial charge is 0.302 e. The summed E-state index contributed by atoms with van der Waals surface area (Å²) in [4.78, 5) is 9.91. The number of nitrogens with zero attached hydrogens (tertiary/aromatic N) is 2. The molecule has 1 aromatic rings. The van der Waals surface area contributed by atoms with Gasteiger partial charge in [0.15, 0.2) is 0 Å². The van der Waals surface area contributed by atoms with E-state index in [1.165, 1.54) is 0 Å². The third-order valence-corrected chi connectivity index (χ3v) is 1.20. The van der Waals surface area contributed by atoms with Gasteiger partial charge < -0.3 is 4.79 Å². The summed E-state index contributed by atoms with van der Waals surface area (Å²) in [5.41, 5.74) is 1.46. The van der Waals surface area contributed by atoms with Crippen molar-refractivity contribution in [3.8, 4) is 11.8 Å². The van der Waals surface area contributed by atoms with Gasteiger partial charge in [0, 0.05) is 0 Å². The van der Waals surface area contributed by atoms with Gasteiger partial charge in [0.05, 0.1) is 12.1 Å². The maximum atomic E-state index is 9.91. The summed E-state index contributed by atoms with van der Waals surface area (Å²) < 4.78 is 0. The smallest absolute Gasteiger partial charge is 0.135 e. The minimum atomic E-state index is 0.246. The lowest BCUT2D eigenvalue weighted by Crippen LogP contribution is -1.88. The fraction of sp³-hybridized carbons (Fsp3) is 0.222. The monoisotopic (exact) mass is 160 g/mol. The number of hydrogen-bond donors (Lipinski definition) is 0. The summed E-state index contributed by atoms with van der Waals surface area (Å²) >= 11 is 0. The van der Waals surface area contributed by atoms with Crippen LogP contribution in [0.15, 0.2) is 12.1 Å². The fourth-order valence-electron chi connectivity index (χ4n) is 0.649. The summed E-state index contributed by atoms with van der Waals surface area (Å²) in [5, 5.41) is 7.63. The van der Waals surface area contributed by atoms with E-state index in [0.29, 0.717) is 5.69 Å². The molecule has 0 saturated carbocycles. The van der Waals surface area contributed by atoms with Crippen LogP contribution in [0.1, 0.15) is 17.8 Å². The maximum absolute atomic E-state index is 9.91. The number of aryl methyl sites for hydroxylation is 1. The Bertz CT molecular complexity index is 319. The van der Waals surface area contributed by atoms with E-state index in [9.17, 15) is 4.79 Å². The first-order chi connectivity index (χ1) is 5.83. The average Bonchev–Trinajstić information content (AvgIpc) is 2.09. The zero-order valence-corrected chi connectivity index (χ0v) is 6.74. The minimum Gasteiger partial charge on any atom is -0.302 e. The van der Waals surface area contributed by atoms with Crippen molar-refractivity contribution in [2.45, 2.75) is 13.3 Å². The van der Waals surface area contributed by atoms with E-state index in [2.05, 4.69) is 22.0 Å². The Morgan fingerprint density at radius 1 is 1.50 bits per heavy atom. The molecule has 0 spiro atoms. The molecule has 1 aromatic heterocycles.